The van der Waals surface area contributed by atoms with Gasteiger partial charge in [0.1, 0.15) is 0 Å². The summed E-state index contributed by atoms with van der Waals surface area (Å²) in [5.41, 5.74) is 0.997. The topological polar surface area (TPSA) is 39.7 Å². The Morgan fingerprint density at radius 1 is 1.30 bits per heavy atom. The monoisotopic (exact) mass is 352 g/mol. The summed E-state index contributed by atoms with van der Waals surface area (Å²) in [6, 6.07) is 6.17. The molecule has 2 amide bonds. The number of hydrogen-bond donors (Lipinski definition) is 0. The Kier molecular flexibility index (Phi) is 4.64. The van der Waals surface area contributed by atoms with Crippen LogP contribution < -0.4 is 4.90 Å². The van der Waals surface area contributed by atoms with E-state index in [0.29, 0.717) is 6.04 Å². The van der Waals surface area contributed by atoms with E-state index in [0.717, 1.165) is 46.3 Å². The van der Waals surface area contributed by atoms with Crippen LogP contribution in [0.3, 0.4) is 0 Å². The lowest BCUT2D eigenvalue weighted by atomic mass is 10.0. The highest BCUT2D eigenvalue weighted by Crippen LogP contribution is 2.32. The molecule has 1 saturated heterocycles. The number of halogens is 1. The zero-order valence-corrected chi connectivity index (χ0v) is 15.2. The highest BCUT2D eigenvalue weighted by molar-refractivity contribution is 7.22. The van der Waals surface area contributed by atoms with Crippen LogP contribution >= 0.6 is 22.9 Å². The average molecular weight is 353 g/mol. The van der Waals surface area contributed by atoms with Gasteiger partial charge in [-0.3, -0.25) is 0 Å². The fourth-order valence-corrected chi connectivity index (χ4v) is 4.23. The molecule has 0 unspecified atom stereocenters. The molecule has 2 aromatic rings. The summed E-state index contributed by atoms with van der Waals surface area (Å²) in [5.74, 6) is 0. The second kappa shape index (κ2) is 6.53. The van der Waals surface area contributed by atoms with Gasteiger partial charge in [-0.2, -0.15) is 0 Å². The minimum absolute atomic E-state index is 0.0677. The highest BCUT2D eigenvalue weighted by Gasteiger charge is 2.27. The Balaban J connectivity index is 1.67. The number of piperidine rings is 1. The van der Waals surface area contributed by atoms with Gasteiger partial charge in [-0.05, 0) is 31.0 Å². The molecule has 5 nitrogen and oxygen atoms in total. The number of carbonyl (C=O) groups excluding carboxylic acids is 1. The number of thiazole rings is 1. The number of hydrogen-bond acceptors (Lipinski definition) is 4. The maximum Gasteiger partial charge on any atom is 0.319 e. The Hall–Kier alpha value is -1.53. The second-order valence-corrected chi connectivity index (χ2v) is 7.56. The van der Waals surface area contributed by atoms with Gasteiger partial charge in [0.05, 0.1) is 10.2 Å². The molecule has 0 bridgehead atoms. The molecule has 2 heterocycles. The molecule has 0 aliphatic carbocycles. The summed E-state index contributed by atoms with van der Waals surface area (Å²) in [6.45, 7) is 1.84. The lowest BCUT2D eigenvalue weighted by Gasteiger charge is -2.37. The molecule has 0 atom stereocenters. The van der Waals surface area contributed by atoms with Gasteiger partial charge in [0.2, 0.25) is 0 Å². The lowest BCUT2D eigenvalue weighted by molar-refractivity contribution is 0.155. The fraction of sp³-hybridized carbons (Fsp3) is 0.500. The summed E-state index contributed by atoms with van der Waals surface area (Å²) in [7, 11) is 5.47. The third-order valence-electron chi connectivity index (χ3n) is 4.31. The summed E-state index contributed by atoms with van der Waals surface area (Å²) in [6.07, 6.45) is 1.93. The lowest BCUT2D eigenvalue weighted by Crippen LogP contribution is -2.48. The van der Waals surface area contributed by atoms with Crippen molar-refractivity contribution >= 4 is 44.3 Å². The van der Waals surface area contributed by atoms with E-state index < -0.39 is 0 Å². The van der Waals surface area contributed by atoms with Crippen LogP contribution in [0, 0.1) is 0 Å². The summed E-state index contributed by atoms with van der Waals surface area (Å²) >= 11 is 7.73. The van der Waals surface area contributed by atoms with Crippen LogP contribution in [0.15, 0.2) is 18.2 Å². The van der Waals surface area contributed by atoms with Gasteiger partial charge in [-0.25, -0.2) is 9.78 Å². The van der Waals surface area contributed by atoms with Crippen molar-refractivity contribution in [3.63, 3.8) is 0 Å². The van der Waals surface area contributed by atoms with Gasteiger partial charge in [-0.15, -0.1) is 0 Å². The number of benzene rings is 1. The van der Waals surface area contributed by atoms with Gasteiger partial charge in [0, 0.05) is 45.3 Å². The number of nitrogens with zero attached hydrogens (tertiary/aromatic N) is 4. The minimum atomic E-state index is 0.0677. The van der Waals surface area contributed by atoms with Crippen molar-refractivity contribution < 1.29 is 4.79 Å². The molecule has 1 aromatic heterocycles. The SMILES string of the molecule is CN(C)C(=O)N(C)C1CCN(c2nc3ccc(Cl)cc3s2)CC1. The van der Waals surface area contributed by atoms with E-state index in [4.69, 9.17) is 16.6 Å². The van der Waals surface area contributed by atoms with Crippen molar-refractivity contribution in [2.24, 2.45) is 0 Å². The van der Waals surface area contributed by atoms with Crippen LogP contribution in [-0.2, 0) is 0 Å². The molecule has 23 heavy (non-hydrogen) atoms. The molecule has 3 rings (SSSR count). The number of urea groups is 1. The molecule has 1 aliphatic heterocycles. The van der Waals surface area contributed by atoms with Gasteiger partial charge < -0.3 is 14.7 Å². The molecular formula is C16H21ClN4OS. The maximum atomic E-state index is 12.1. The Labute approximate surface area is 145 Å². The standard InChI is InChI=1S/C16H21ClN4OS/c1-19(2)16(22)20(3)12-6-8-21(9-7-12)15-18-13-5-4-11(17)10-14(13)23-15/h4-5,10,12H,6-9H2,1-3H3. The summed E-state index contributed by atoms with van der Waals surface area (Å²) in [5, 5.41) is 1.79. The van der Waals surface area contributed by atoms with Crippen LogP contribution in [0.4, 0.5) is 9.93 Å². The third kappa shape index (κ3) is 3.38. The van der Waals surface area contributed by atoms with E-state index in [1.807, 2.05) is 30.1 Å². The van der Waals surface area contributed by atoms with Crippen LogP contribution in [0.5, 0.6) is 0 Å². The van der Waals surface area contributed by atoms with E-state index >= 15 is 0 Å². The van der Waals surface area contributed by atoms with Crippen molar-refractivity contribution in [3.05, 3.63) is 23.2 Å². The molecule has 0 saturated carbocycles. The van der Waals surface area contributed by atoms with Crippen LogP contribution in [0.25, 0.3) is 10.2 Å². The predicted molar refractivity (Wildman–Crippen MR) is 96.7 cm³/mol. The molecule has 0 radical (unpaired) electrons. The second-order valence-electron chi connectivity index (χ2n) is 6.11. The molecule has 124 valence electrons. The fourth-order valence-electron chi connectivity index (χ4n) is 2.94. The first-order valence-electron chi connectivity index (χ1n) is 7.71. The van der Waals surface area contributed by atoms with E-state index in [9.17, 15) is 4.79 Å². The smallest absolute Gasteiger partial charge is 0.319 e. The van der Waals surface area contributed by atoms with Crippen molar-refractivity contribution in [2.45, 2.75) is 18.9 Å². The first-order valence-corrected chi connectivity index (χ1v) is 8.90. The molecular weight excluding hydrogens is 332 g/mol. The van der Waals surface area contributed by atoms with Gasteiger partial charge in [0.25, 0.3) is 0 Å². The van der Waals surface area contributed by atoms with Gasteiger partial charge in [0.15, 0.2) is 5.13 Å². The molecule has 0 N–H and O–H groups in total. The third-order valence-corrected chi connectivity index (χ3v) is 5.62. The van der Waals surface area contributed by atoms with E-state index in [2.05, 4.69) is 4.90 Å². The van der Waals surface area contributed by atoms with E-state index in [1.165, 1.54) is 0 Å². The normalized spacial score (nSPS) is 15.9. The minimum Gasteiger partial charge on any atom is -0.348 e. The van der Waals surface area contributed by atoms with E-state index in [1.54, 1.807) is 30.3 Å². The number of rotatable bonds is 2. The zero-order chi connectivity index (χ0) is 16.6. The quantitative estimate of drug-likeness (QED) is 0.830. The number of carbonyl (C=O) groups is 1. The molecule has 1 aliphatic rings. The zero-order valence-electron chi connectivity index (χ0n) is 13.6. The number of anilines is 1. The van der Waals surface area contributed by atoms with Gasteiger partial charge in [-0.1, -0.05) is 22.9 Å². The molecule has 0 spiro atoms. The number of fused-ring (bicyclic) bond motifs is 1. The summed E-state index contributed by atoms with van der Waals surface area (Å²) in [4.78, 5) is 22.6. The van der Waals surface area contributed by atoms with Crippen LogP contribution in [-0.4, -0.2) is 61.1 Å². The van der Waals surface area contributed by atoms with E-state index in [-0.39, 0.29) is 6.03 Å². The number of aromatic nitrogens is 1. The average Bonchev–Trinajstić information content (AvgIpc) is 2.96. The Morgan fingerprint density at radius 2 is 2.00 bits per heavy atom. The molecule has 1 aromatic carbocycles. The van der Waals surface area contributed by atoms with Crippen molar-refractivity contribution in [1.82, 2.24) is 14.8 Å². The van der Waals surface area contributed by atoms with Crippen molar-refractivity contribution in [2.75, 3.05) is 39.1 Å². The molecule has 1 fully saturated rings. The summed E-state index contributed by atoms with van der Waals surface area (Å²) < 4.78 is 1.12. The van der Waals surface area contributed by atoms with Gasteiger partial charge >= 0.3 is 6.03 Å². The largest absolute Gasteiger partial charge is 0.348 e. The highest BCUT2D eigenvalue weighted by atomic mass is 35.5. The molecule has 7 heteroatoms. The maximum absolute atomic E-state index is 12.1. The first-order chi connectivity index (χ1) is 11.0. The number of amides is 2. The van der Waals surface area contributed by atoms with Crippen LogP contribution in [0.1, 0.15) is 12.8 Å². The van der Waals surface area contributed by atoms with Crippen molar-refractivity contribution in [3.8, 4) is 0 Å². The predicted octanol–water partition coefficient (Wildman–Crippen LogP) is 3.53. The first kappa shape index (κ1) is 16.3. The van der Waals surface area contributed by atoms with Crippen LogP contribution in [0.2, 0.25) is 5.02 Å². The van der Waals surface area contributed by atoms with Crippen molar-refractivity contribution in [1.29, 1.82) is 0 Å². The Bertz CT molecular complexity index is 709. The Morgan fingerprint density at radius 3 is 2.65 bits per heavy atom.